The van der Waals surface area contributed by atoms with Crippen LogP contribution < -0.4 is 0 Å². The number of nitro groups is 1. The van der Waals surface area contributed by atoms with E-state index in [1.54, 1.807) is 4.90 Å². The Morgan fingerprint density at radius 1 is 1.24 bits per heavy atom. The van der Waals surface area contributed by atoms with Gasteiger partial charge in [-0.2, -0.15) is 0 Å². The molecule has 0 aliphatic rings. The van der Waals surface area contributed by atoms with Crippen molar-refractivity contribution in [2.45, 2.75) is 39.5 Å². The molecule has 0 saturated carbocycles. The second kappa shape index (κ2) is 8.24. The number of phenolic OH excluding ortho intramolecular Hbond substituents is 1. The molecule has 0 spiro atoms. The molecule has 0 heterocycles. The molecule has 6 nitrogen and oxygen atoms in total. The number of amides is 1. The molecule has 1 amide bonds. The minimum Gasteiger partial charge on any atom is -0.502 e. The molecule has 0 aromatic heterocycles. The highest BCUT2D eigenvalue weighted by molar-refractivity contribution is 5.95. The summed E-state index contributed by atoms with van der Waals surface area (Å²) in [4.78, 5) is 24.2. The lowest BCUT2D eigenvalue weighted by Gasteiger charge is -2.22. The fourth-order valence-electron chi connectivity index (χ4n) is 2.01. The molecule has 6 heteroatoms. The van der Waals surface area contributed by atoms with Crippen molar-refractivity contribution in [2.24, 2.45) is 0 Å². The lowest BCUT2D eigenvalue weighted by molar-refractivity contribution is -0.385. The monoisotopic (exact) mass is 294 g/mol. The molecule has 21 heavy (non-hydrogen) atoms. The van der Waals surface area contributed by atoms with Crippen LogP contribution in [-0.4, -0.2) is 33.9 Å². The maximum absolute atomic E-state index is 12.4. The fraction of sp³-hybridized carbons (Fsp3) is 0.533. The van der Waals surface area contributed by atoms with Crippen LogP contribution in [0.2, 0.25) is 0 Å². The Hall–Kier alpha value is -2.11. The first-order valence-electron chi connectivity index (χ1n) is 7.27. The minimum absolute atomic E-state index is 0.193. The molecule has 0 fully saturated rings. The molecule has 1 aromatic rings. The number of nitro benzene ring substituents is 1. The smallest absolute Gasteiger partial charge is 0.310 e. The number of rotatable bonds is 8. The van der Waals surface area contributed by atoms with Crippen LogP contribution in [0, 0.1) is 10.1 Å². The van der Waals surface area contributed by atoms with Gasteiger partial charge in [0.1, 0.15) is 0 Å². The molecule has 1 N–H and O–H groups in total. The number of hydrogen-bond acceptors (Lipinski definition) is 4. The summed E-state index contributed by atoms with van der Waals surface area (Å²) in [5.41, 5.74) is -0.106. The highest BCUT2D eigenvalue weighted by Crippen LogP contribution is 2.26. The average molecular weight is 294 g/mol. The number of carbonyl (C=O) groups is 1. The highest BCUT2D eigenvalue weighted by atomic mass is 16.6. The third kappa shape index (κ3) is 4.73. The predicted octanol–water partition coefficient (Wildman–Crippen LogP) is 3.34. The number of hydrogen-bond donors (Lipinski definition) is 1. The zero-order valence-corrected chi connectivity index (χ0v) is 12.5. The van der Waals surface area contributed by atoms with Crippen molar-refractivity contribution in [2.75, 3.05) is 13.1 Å². The Labute approximate surface area is 124 Å². The van der Waals surface area contributed by atoms with Gasteiger partial charge in [-0.3, -0.25) is 14.9 Å². The van der Waals surface area contributed by atoms with E-state index in [9.17, 15) is 20.0 Å². The van der Waals surface area contributed by atoms with E-state index in [-0.39, 0.29) is 17.2 Å². The van der Waals surface area contributed by atoms with Crippen molar-refractivity contribution in [3.63, 3.8) is 0 Å². The molecular formula is C15H22N2O4. The summed E-state index contributed by atoms with van der Waals surface area (Å²) in [6, 6.07) is 3.73. The van der Waals surface area contributed by atoms with Gasteiger partial charge in [-0.25, -0.2) is 0 Å². The maximum Gasteiger partial charge on any atom is 0.310 e. The zero-order chi connectivity index (χ0) is 15.8. The summed E-state index contributed by atoms with van der Waals surface area (Å²) in [5, 5.41) is 20.3. The first-order valence-corrected chi connectivity index (χ1v) is 7.27. The van der Waals surface area contributed by atoms with Gasteiger partial charge in [-0.05, 0) is 25.0 Å². The van der Waals surface area contributed by atoms with Gasteiger partial charge < -0.3 is 10.0 Å². The third-order valence-electron chi connectivity index (χ3n) is 3.27. The Bertz CT molecular complexity index is 494. The van der Waals surface area contributed by atoms with E-state index in [0.29, 0.717) is 13.1 Å². The molecule has 0 unspecified atom stereocenters. The van der Waals surface area contributed by atoms with Crippen LogP contribution in [0.5, 0.6) is 5.75 Å². The van der Waals surface area contributed by atoms with E-state index in [0.717, 1.165) is 25.7 Å². The van der Waals surface area contributed by atoms with E-state index >= 15 is 0 Å². The molecule has 0 bridgehead atoms. The second-order valence-electron chi connectivity index (χ2n) is 4.96. The lowest BCUT2D eigenvalue weighted by atomic mass is 10.1. The molecule has 1 aromatic carbocycles. The van der Waals surface area contributed by atoms with E-state index in [4.69, 9.17) is 0 Å². The number of phenols is 1. The van der Waals surface area contributed by atoms with Crippen molar-refractivity contribution in [1.29, 1.82) is 0 Å². The van der Waals surface area contributed by atoms with Crippen LogP contribution in [-0.2, 0) is 0 Å². The van der Waals surface area contributed by atoms with Crippen LogP contribution in [0.3, 0.4) is 0 Å². The van der Waals surface area contributed by atoms with Gasteiger partial charge in [0.25, 0.3) is 5.91 Å². The Morgan fingerprint density at radius 3 is 2.24 bits per heavy atom. The summed E-state index contributed by atoms with van der Waals surface area (Å²) in [5.74, 6) is -0.668. The predicted molar refractivity (Wildman–Crippen MR) is 80.5 cm³/mol. The second-order valence-corrected chi connectivity index (χ2v) is 4.96. The minimum atomic E-state index is -0.671. The average Bonchev–Trinajstić information content (AvgIpc) is 2.46. The first kappa shape index (κ1) is 16.9. The van der Waals surface area contributed by atoms with Gasteiger partial charge >= 0.3 is 5.69 Å². The van der Waals surface area contributed by atoms with Crippen molar-refractivity contribution in [1.82, 2.24) is 4.90 Å². The number of nitrogens with zero attached hydrogens (tertiary/aromatic N) is 2. The van der Waals surface area contributed by atoms with Gasteiger partial charge in [0.05, 0.1) is 4.92 Å². The van der Waals surface area contributed by atoms with Gasteiger partial charge in [-0.15, -0.1) is 0 Å². The summed E-state index contributed by atoms with van der Waals surface area (Å²) in [7, 11) is 0. The van der Waals surface area contributed by atoms with E-state index in [1.165, 1.54) is 18.2 Å². The van der Waals surface area contributed by atoms with Crippen LogP contribution in [0.1, 0.15) is 49.9 Å². The van der Waals surface area contributed by atoms with Crippen molar-refractivity contribution in [3.05, 3.63) is 33.9 Å². The number of benzene rings is 1. The molecule has 0 aliphatic carbocycles. The molecule has 0 atom stereocenters. The van der Waals surface area contributed by atoms with Gasteiger partial charge in [0.15, 0.2) is 5.75 Å². The summed E-state index contributed by atoms with van der Waals surface area (Å²) < 4.78 is 0. The molecular weight excluding hydrogens is 272 g/mol. The molecule has 0 radical (unpaired) electrons. The normalized spacial score (nSPS) is 10.4. The largest absolute Gasteiger partial charge is 0.502 e. The standard InChI is InChI=1S/C15H22N2O4/c1-3-5-9-16(10-6-4-2)15(19)12-7-8-13(17(20)21)14(18)11-12/h7-8,11,18H,3-6,9-10H2,1-2H3. The Morgan fingerprint density at radius 2 is 1.81 bits per heavy atom. The SMILES string of the molecule is CCCCN(CCCC)C(=O)c1ccc([N+](=O)[O-])c(O)c1. The van der Waals surface area contributed by atoms with Gasteiger partial charge in [0.2, 0.25) is 0 Å². The van der Waals surface area contributed by atoms with Crippen LogP contribution in [0.15, 0.2) is 18.2 Å². The molecule has 1 rings (SSSR count). The van der Waals surface area contributed by atoms with Gasteiger partial charge in [-0.1, -0.05) is 26.7 Å². The number of carbonyl (C=O) groups excluding carboxylic acids is 1. The molecule has 0 aliphatic heterocycles. The summed E-state index contributed by atoms with van der Waals surface area (Å²) >= 11 is 0. The topological polar surface area (TPSA) is 83.7 Å². The maximum atomic E-state index is 12.4. The fourth-order valence-corrected chi connectivity index (χ4v) is 2.01. The van der Waals surface area contributed by atoms with Crippen molar-refractivity contribution < 1.29 is 14.8 Å². The molecule has 116 valence electrons. The Balaban J connectivity index is 2.91. The number of aromatic hydroxyl groups is 1. The highest BCUT2D eigenvalue weighted by Gasteiger charge is 2.19. The summed E-state index contributed by atoms with van der Waals surface area (Å²) in [6.07, 6.45) is 3.80. The van der Waals surface area contributed by atoms with E-state index < -0.39 is 10.7 Å². The lowest BCUT2D eigenvalue weighted by Crippen LogP contribution is -2.32. The van der Waals surface area contributed by atoms with Crippen LogP contribution >= 0.6 is 0 Å². The first-order chi connectivity index (χ1) is 10.0. The van der Waals surface area contributed by atoms with E-state index in [2.05, 4.69) is 13.8 Å². The third-order valence-corrected chi connectivity index (χ3v) is 3.27. The quantitative estimate of drug-likeness (QED) is 0.588. The summed E-state index contributed by atoms with van der Waals surface area (Å²) in [6.45, 7) is 5.43. The number of unbranched alkanes of at least 4 members (excludes halogenated alkanes) is 2. The van der Waals surface area contributed by atoms with Crippen molar-refractivity contribution >= 4 is 11.6 Å². The Kier molecular flexibility index (Phi) is 6.65. The van der Waals surface area contributed by atoms with Crippen LogP contribution in [0.25, 0.3) is 0 Å². The van der Waals surface area contributed by atoms with Crippen LogP contribution in [0.4, 0.5) is 5.69 Å². The van der Waals surface area contributed by atoms with E-state index in [1.807, 2.05) is 0 Å². The van der Waals surface area contributed by atoms with Gasteiger partial charge in [0, 0.05) is 24.7 Å². The zero-order valence-electron chi connectivity index (χ0n) is 12.5. The van der Waals surface area contributed by atoms with Crippen molar-refractivity contribution in [3.8, 4) is 5.75 Å². The molecule has 0 saturated heterocycles.